The van der Waals surface area contributed by atoms with Crippen molar-refractivity contribution in [3.05, 3.63) is 40.5 Å². The van der Waals surface area contributed by atoms with Crippen LogP contribution in [0.3, 0.4) is 0 Å². The Hall–Kier alpha value is -0.170. The van der Waals surface area contributed by atoms with E-state index in [2.05, 4.69) is 54.4 Å². The number of hydrogen-bond donors (Lipinski definition) is 0. The fraction of sp³-hybridized carbons (Fsp3) is 0.500. The minimum atomic E-state index is -1.49. The van der Waals surface area contributed by atoms with Gasteiger partial charge in [-0.2, -0.15) is 0 Å². The van der Waals surface area contributed by atoms with Gasteiger partial charge >= 0.3 is 114 Å². The molecule has 0 aliphatic heterocycles. The molecule has 0 nitrogen and oxygen atoms in total. The topological polar surface area (TPSA) is 0 Å². The Labute approximate surface area is 114 Å². The van der Waals surface area contributed by atoms with Crippen molar-refractivity contribution >= 4 is 6.08 Å². The Balaban J connectivity index is 2.57. The first kappa shape index (κ1) is 13.3. The van der Waals surface area contributed by atoms with Crippen LogP contribution < -0.4 is 0 Å². The Morgan fingerprint density at radius 2 is 1.76 bits per heavy atom. The summed E-state index contributed by atoms with van der Waals surface area (Å²) in [5.41, 5.74) is 6.03. The number of rotatable bonds is 3. The maximum absolute atomic E-state index is 2.56. The summed E-state index contributed by atoms with van der Waals surface area (Å²) in [4.78, 5) is 0. The van der Waals surface area contributed by atoms with E-state index < -0.39 is 21.4 Å². The van der Waals surface area contributed by atoms with E-state index in [1.807, 2.05) is 0 Å². The summed E-state index contributed by atoms with van der Waals surface area (Å²) in [7, 11) is 0. The van der Waals surface area contributed by atoms with Crippen molar-refractivity contribution in [1.29, 1.82) is 0 Å². The van der Waals surface area contributed by atoms with Crippen LogP contribution in [0.4, 0.5) is 0 Å². The van der Waals surface area contributed by atoms with Gasteiger partial charge in [0.05, 0.1) is 0 Å². The molecule has 0 saturated carbocycles. The van der Waals surface area contributed by atoms with E-state index in [1.165, 1.54) is 29.5 Å². The summed E-state index contributed by atoms with van der Waals surface area (Å²) in [6.45, 7) is 6.80. The molecule has 17 heavy (non-hydrogen) atoms. The predicted octanol–water partition coefficient (Wildman–Crippen LogP) is 5.04. The average Bonchev–Trinajstić information content (AvgIpc) is 2.60. The third-order valence-electron chi connectivity index (χ3n) is 4.23. The molecule has 91 valence electrons. The molecule has 0 fully saturated rings. The Kier molecular flexibility index (Phi) is 3.77. The SMILES string of the molecule is CCC[C]1([Hf]([CH3])[CH3])C=Cc2cc(C)c(C)cc21. The van der Waals surface area contributed by atoms with Gasteiger partial charge in [0, 0.05) is 0 Å². The summed E-state index contributed by atoms with van der Waals surface area (Å²) in [6, 6.07) is 4.85. The van der Waals surface area contributed by atoms with Gasteiger partial charge in [0.2, 0.25) is 0 Å². The average molecular weight is 394 g/mol. The number of benzene rings is 1. The summed E-state index contributed by atoms with van der Waals surface area (Å²) in [5, 5.41) is 0. The van der Waals surface area contributed by atoms with Crippen LogP contribution in [0.1, 0.15) is 42.0 Å². The summed E-state index contributed by atoms with van der Waals surface area (Å²) < 4.78 is 5.62. The van der Waals surface area contributed by atoms with Crippen LogP contribution in [0, 0.1) is 13.8 Å². The Morgan fingerprint density at radius 3 is 2.35 bits per heavy atom. The van der Waals surface area contributed by atoms with Crippen molar-refractivity contribution in [2.75, 3.05) is 0 Å². The fourth-order valence-corrected chi connectivity index (χ4v) is 9.89. The molecule has 0 amide bonds. The molecule has 0 spiro atoms. The van der Waals surface area contributed by atoms with Gasteiger partial charge in [0.15, 0.2) is 0 Å². The van der Waals surface area contributed by atoms with Gasteiger partial charge in [-0.1, -0.05) is 0 Å². The van der Waals surface area contributed by atoms with Gasteiger partial charge in [0.1, 0.15) is 0 Å². The summed E-state index contributed by atoms with van der Waals surface area (Å²) >= 11 is -1.49. The third-order valence-corrected chi connectivity index (χ3v) is 13.1. The molecule has 0 N–H and O–H groups in total. The molecule has 0 aromatic heterocycles. The first-order valence-electron chi connectivity index (χ1n) is 6.63. The molecule has 1 atom stereocenters. The Bertz CT molecular complexity index is 457. The van der Waals surface area contributed by atoms with Gasteiger partial charge in [-0.3, -0.25) is 0 Å². The van der Waals surface area contributed by atoms with E-state index in [9.17, 15) is 0 Å². The van der Waals surface area contributed by atoms with E-state index in [4.69, 9.17) is 0 Å². The van der Waals surface area contributed by atoms with E-state index in [0.29, 0.717) is 3.17 Å². The molecule has 0 bridgehead atoms. The maximum atomic E-state index is 2.56. The first-order valence-corrected chi connectivity index (χ1v) is 15.6. The van der Waals surface area contributed by atoms with Gasteiger partial charge in [0.25, 0.3) is 0 Å². The zero-order valence-electron chi connectivity index (χ0n) is 11.7. The van der Waals surface area contributed by atoms with Crippen LogP contribution in [-0.2, 0) is 24.6 Å². The number of hydrogen-bond acceptors (Lipinski definition) is 0. The molecule has 1 aliphatic carbocycles. The van der Waals surface area contributed by atoms with Gasteiger partial charge in [-0.25, -0.2) is 0 Å². The monoisotopic (exact) mass is 395 g/mol. The molecule has 1 aliphatic rings. The summed E-state index contributed by atoms with van der Waals surface area (Å²) in [6.07, 6.45) is 7.58. The number of allylic oxidation sites excluding steroid dienone is 1. The van der Waals surface area contributed by atoms with Crippen molar-refractivity contribution < 1.29 is 21.4 Å². The van der Waals surface area contributed by atoms with Crippen molar-refractivity contribution in [3.63, 3.8) is 0 Å². The van der Waals surface area contributed by atoms with E-state index >= 15 is 0 Å². The van der Waals surface area contributed by atoms with E-state index in [1.54, 1.807) is 5.56 Å². The molecular formula is C16H23Hf. The number of aryl methyl sites for hydroxylation is 2. The normalized spacial score (nSPS) is 21.7. The van der Waals surface area contributed by atoms with Crippen LogP contribution in [0.2, 0.25) is 9.36 Å². The molecular weight excluding hydrogens is 371 g/mol. The molecule has 1 aromatic rings. The number of fused-ring (bicyclic) bond motifs is 1. The van der Waals surface area contributed by atoms with Crippen molar-refractivity contribution in [3.8, 4) is 0 Å². The van der Waals surface area contributed by atoms with E-state index in [0.717, 1.165) is 0 Å². The van der Waals surface area contributed by atoms with Gasteiger partial charge < -0.3 is 0 Å². The van der Waals surface area contributed by atoms with Gasteiger partial charge in [-0.15, -0.1) is 0 Å². The molecule has 0 saturated heterocycles. The second-order valence-corrected chi connectivity index (χ2v) is 16.0. The zero-order chi connectivity index (χ0) is 12.6. The second-order valence-electron chi connectivity index (χ2n) is 5.58. The predicted molar refractivity (Wildman–Crippen MR) is 73.3 cm³/mol. The second kappa shape index (κ2) is 4.84. The quantitative estimate of drug-likeness (QED) is 0.631. The van der Waals surface area contributed by atoms with Crippen LogP contribution in [-0.4, -0.2) is 0 Å². The molecule has 1 heteroatoms. The van der Waals surface area contributed by atoms with Crippen LogP contribution in [0.25, 0.3) is 6.08 Å². The molecule has 0 radical (unpaired) electrons. The van der Waals surface area contributed by atoms with Crippen molar-refractivity contribution in [1.82, 2.24) is 0 Å². The standard InChI is InChI=1S/C14H17.2CH3.Hf/c1-4-5-12-6-7-13-8-10(2)11(3)9-14(12)13;;;/h6-9H,4-5H2,1-3H3;2*1H3;. The van der Waals surface area contributed by atoms with Crippen molar-refractivity contribution in [2.24, 2.45) is 0 Å². The minimum absolute atomic E-state index is 0.493. The van der Waals surface area contributed by atoms with Gasteiger partial charge in [-0.05, 0) is 0 Å². The zero-order valence-corrected chi connectivity index (χ0v) is 15.3. The third kappa shape index (κ3) is 2.12. The van der Waals surface area contributed by atoms with E-state index in [-0.39, 0.29) is 0 Å². The molecule has 0 heterocycles. The van der Waals surface area contributed by atoms with Crippen LogP contribution >= 0.6 is 0 Å². The molecule has 2 rings (SSSR count). The fourth-order valence-electron chi connectivity index (χ4n) is 2.98. The van der Waals surface area contributed by atoms with Crippen molar-refractivity contribution in [2.45, 2.75) is 46.1 Å². The summed E-state index contributed by atoms with van der Waals surface area (Å²) in [5.74, 6) is 0. The Morgan fingerprint density at radius 1 is 1.12 bits per heavy atom. The van der Waals surface area contributed by atoms with Crippen LogP contribution in [0.15, 0.2) is 18.2 Å². The van der Waals surface area contributed by atoms with Crippen LogP contribution in [0.5, 0.6) is 0 Å². The first-order chi connectivity index (χ1) is 8.01. The molecule has 1 unspecified atom stereocenters. The molecule has 1 aromatic carbocycles.